The summed E-state index contributed by atoms with van der Waals surface area (Å²) in [6, 6.07) is 1.84. The normalized spacial score (nSPS) is 9.94. The fraction of sp³-hybridized carbons (Fsp3) is 0.200. The maximum Gasteiger partial charge on any atom is 0.344 e. The van der Waals surface area contributed by atoms with Crippen LogP contribution in [0.25, 0.3) is 0 Å². The molecule has 88 valence electrons. The van der Waals surface area contributed by atoms with Gasteiger partial charge in [-0.2, -0.15) is 0 Å². The standard InChI is InChI=1S/C10H10N4O2S/c11-4-1-2-7-3-5-17-8(7)6-14-9(15)12-13-10(14)16/h3,5H,4,6,11H2,(H,12,15)(H,13,16). The van der Waals surface area contributed by atoms with Crippen molar-refractivity contribution in [3.63, 3.8) is 0 Å². The summed E-state index contributed by atoms with van der Waals surface area (Å²) < 4.78 is 1.08. The van der Waals surface area contributed by atoms with Crippen LogP contribution in [-0.2, 0) is 6.54 Å². The maximum atomic E-state index is 11.3. The Hall–Kier alpha value is -2.04. The molecule has 7 heteroatoms. The van der Waals surface area contributed by atoms with E-state index in [4.69, 9.17) is 5.73 Å². The molecule has 17 heavy (non-hydrogen) atoms. The SMILES string of the molecule is NCC#Cc1ccsc1Cn1c(=O)[nH][nH]c1=O. The Bertz CT molecular complexity index is 652. The molecule has 0 atom stereocenters. The van der Waals surface area contributed by atoms with Gasteiger partial charge in [-0.25, -0.2) is 24.4 Å². The summed E-state index contributed by atoms with van der Waals surface area (Å²) in [5.41, 5.74) is 5.18. The van der Waals surface area contributed by atoms with Crippen LogP contribution in [0.15, 0.2) is 21.0 Å². The predicted molar refractivity (Wildman–Crippen MR) is 65.0 cm³/mol. The molecule has 0 aliphatic heterocycles. The molecule has 0 spiro atoms. The summed E-state index contributed by atoms with van der Waals surface area (Å²) in [7, 11) is 0. The monoisotopic (exact) mass is 250 g/mol. The second-order valence-electron chi connectivity index (χ2n) is 3.21. The van der Waals surface area contributed by atoms with Gasteiger partial charge in [-0.1, -0.05) is 11.8 Å². The van der Waals surface area contributed by atoms with Crippen LogP contribution >= 0.6 is 11.3 Å². The van der Waals surface area contributed by atoms with Gasteiger partial charge in [0.1, 0.15) is 0 Å². The van der Waals surface area contributed by atoms with Crippen molar-refractivity contribution in [3.05, 3.63) is 42.9 Å². The van der Waals surface area contributed by atoms with Crippen LogP contribution in [0.2, 0.25) is 0 Å². The Morgan fingerprint density at radius 2 is 2.06 bits per heavy atom. The first-order valence-corrected chi connectivity index (χ1v) is 5.73. The molecule has 6 nitrogen and oxygen atoms in total. The number of thiophene rings is 1. The van der Waals surface area contributed by atoms with Crippen LogP contribution in [0.4, 0.5) is 0 Å². The first-order valence-electron chi connectivity index (χ1n) is 4.85. The van der Waals surface area contributed by atoms with Gasteiger partial charge < -0.3 is 5.73 Å². The third-order valence-electron chi connectivity index (χ3n) is 2.14. The van der Waals surface area contributed by atoms with Gasteiger partial charge in [-0.3, -0.25) is 0 Å². The van der Waals surface area contributed by atoms with Gasteiger partial charge in [0, 0.05) is 10.4 Å². The molecule has 2 aromatic heterocycles. The largest absolute Gasteiger partial charge is 0.344 e. The number of H-pyrrole nitrogens is 2. The average Bonchev–Trinajstić information content (AvgIpc) is 2.88. The van der Waals surface area contributed by atoms with Crippen LogP contribution in [0.5, 0.6) is 0 Å². The minimum atomic E-state index is -0.457. The predicted octanol–water partition coefficient (Wildman–Crippen LogP) is -0.715. The first kappa shape index (κ1) is 11.4. The third kappa shape index (κ3) is 2.38. The Labute approximate surface area is 100 Å². The van der Waals surface area contributed by atoms with Gasteiger partial charge in [-0.15, -0.1) is 11.3 Å². The van der Waals surface area contributed by atoms with Gasteiger partial charge in [0.25, 0.3) is 0 Å². The van der Waals surface area contributed by atoms with E-state index < -0.39 is 11.4 Å². The van der Waals surface area contributed by atoms with E-state index in [1.807, 2.05) is 11.4 Å². The van der Waals surface area contributed by atoms with Crippen molar-refractivity contribution in [2.75, 3.05) is 6.54 Å². The lowest BCUT2D eigenvalue weighted by Crippen LogP contribution is -2.26. The van der Waals surface area contributed by atoms with E-state index in [1.54, 1.807) is 0 Å². The molecule has 0 unspecified atom stereocenters. The Morgan fingerprint density at radius 3 is 2.71 bits per heavy atom. The van der Waals surface area contributed by atoms with Gasteiger partial charge in [0.15, 0.2) is 0 Å². The molecule has 0 amide bonds. The van der Waals surface area contributed by atoms with Crippen LogP contribution in [-0.4, -0.2) is 21.3 Å². The summed E-state index contributed by atoms with van der Waals surface area (Å²) in [4.78, 5) is 23.5. The van der Waals surface area contributed by atoms with E-state index in [0.717, 1.165) is 15.0 Å². The van der Waals surface area contributed by atoms with E-state index in [2.05, 4.69) is 22.0 Å². The number of aromatic nitrogens is 3. The van der Waals surface area contributed by atoms with Crippen molar-refractivity contribution in [3.8, 4) is 11.8 Å². The topological polar surface area (TPSA) is 96.7 Å². The minimum absolute atomic E-state index is 0.212. The van der Waals surface area contributed by atoms with Crippen LogP contribution in [0, 0.1) is 11.8 Å². The lowest BCUT2D eigenvalue weighted by Gasteiger charge is -1.97. The minimum Gasteiger partial charge on any atom is -0.320 e. The van der Waals surface area contributed by atoms with Crippen molar-refractivity contribution < 1.29 is 0 Å². The number of nitrogens with zero attached hydrogens (tertiary/aromatic N) is 1. The van der Waals surface area contributed by atoms with E-state index in [-0.39, 0.29) is 13.1 Å². The van der Waals surface area contributed by atoms with Crippen molar-refractivity contribution >= 4 is 11.3 Å². The number of hydrogen-bond acceptors (Lipinski definition) is 4. The second-order valence-corrected chi connectivity index (χ2v) is 4.21. The number of rotatable bonds is 2. The van der Waals surface area contributed by atoms with E-state index in [1.165, 1.54) is 11.3 Å². The Balaban J connectivity index is 2.34. The quantitative estimate of drug-likeness (QED) is 0.614. The summed E-state index contributed by atoms with van der Waals surface area (Å²) in [5, 5.41) is 6.32. The Kier molecular flexibility index (Phi) is 3.27. The van der Waals surface area contributed by atoms with Crippen molar-refractivity contribution in [2.45, 2.75) is 6.54 Å². The molecule has 2 aromatic rings. The molecule has 0 radical (unpaired) electrons. The zero-order valence-corrected chi connectivity index (χ0v) is 9.63. The van der Waals surface area contributed by atoms with Crippen LogP contribution in [0.3, 0.4) is 0 Å². The molecular weight excluding hydrogens is 240 g/mol. The van der Waals surface area contributed by atoms with Gasteiger partial charge in [0.05, 0.1) is 13.1 Å². The zero-order chi connectivity index (χ0) is 12.3. The molecule has 4 N–H and O–H groups in total. The van der Waals surface area contributed by atoms with Crippen LogP contribution < -0.4 is 17.1 Å². The van der Waals surface area contributed by atoms with Crippen molar-refractivity contribution in [1.29, 1.82) is 0 Å². The molecule has 0 saturated heterocycles. The van der Waals surface area contributed by atoms with Gasteiger partial charge >= 0.3 is 11.4 Å². The fourth-order valence-electron chi connectivity index (χ4n) is 1.34. The number of aromatic amines is 2. The second kappa shape index (κ2) is 4.86. The van der Waals surface area contributed by atoms with E-state index in [9.17, 15) is 9.59 Å². The van der Waals surface area contributed by atoms with E-state index >= 15 is 0 Å². The number of nitrogens with one attached hydrogen (secondary N) is 2. The lowest BCUT2D eigenvalue weighted by atomic mass is 10.2. The number of nitrogens with two attached hydrogens (primary N) is 1. The van der Waals surface area contributed by atoms with Gasteiger partial charge in [-0.05, 0) is 11.4 Å². The molecular formula is C10H10N4O2S. The fourth-order valence-corrected chi connectivity index (χ4v) is 2.16. The maximum absolute atomic E-state index is 11.3. The summed E-state index contributed by atoms with van der Waals surface area (Å²) >= 11 is 1.45. The van der Waals surface area contributed by atoms with E-state index in [0.29, 0.717) is 0 Å². The summed E-state index contributed by atoms with van der Waals surface area (Å²) in [5.74, 6) is 5.65. The Morgan fingerprint density at radius 1 is 1.35 bits per heavy atom. The summed E-state index contributed by atoms with van der Waals surface area (Å²) in [6.45, 7) is 0.490. The molecule has 0 bridgehead atoms. The molecule has 0 aromatic carbocycles. The first-order chi connectivity index (χ1) is 8.22. The summed E-state index contributed by atoms with van der Waals surface area (Å²) in [6.07, 6.45) is 0. The average molecular weight is 250 g/mol. The molecule has 0 aliphatic carbocycles. The smallest absolute Gasteiger partial charge is 0.320 e. The molecule has 0 saturated carbocycles. The highest BCUT2D eigenvalue weighted by Crippen LogP contribution is 2.15. The highest BCUT2D eigenvalue weighted by molar-refractivity contribution is 7.10. The van der Waals surface area contributed by atoms with Crippen LogP contribution in [0.1, 0.15) is 10.4 Å². The number of hydrogen-bond donors (Lipinski definition) is 3. The highest BCUT2D eigenvalue weighted by atomic mass is 32.1. The third-order valence-corrected chi connectivity index (χ3v) is 3.04. The van der Waals surface area contributed by atoms with Crippen molar-refractivity contribution in [2.24, 2.45) is 5.73 Å². The molecule has 0 fully saturated rings. The zero-order valence-electron chi connectivity index (χ0n) is 8.82. The molecule has 2 rings (SSSR count). The van der Waals surface area contributed by atoms with Crippen molar-refractivity contribution in [1.82, 2.24) is 14.8 Å². The highest BCUT2D eigenvalue weighted by Gasteiger charge is 2.07. The molecule has 0 aliphatic rings. The lowest BCUT2D eigenvalue weighted by molar-refractivity contribution is 0.742. The molecule has 2 heterocycles. The van der Waals surface area contributed by atoms with Gasteiger partial charge in [0.2, 0.25) is 0 Å².